The zero-order chi connectivity index (χ0) is 53.5. The van der Waals surface area contributed by atoms with Crippen LogP contribution in [0.25, 0.3) is 0 Å². The minimum atomic E-state index is -4.63. The molecule has 0 aromatic heterocycles. The third-order valence-corrected chi connectivity index (χ3v) is 14.9. The summed E-state index contributed by atoms with van der Waals surface area (Å²) < 4.78 is 34.2. The largest absolute Gasteiger partial charge is 0.756 e. The Morgan fingerprint density at radius 1 is 0.425 bits per heavy atom. The zero-order valence-electron chi connectivity index (χ0n) is 48.9. The van der Waals surface area contributed by atoms with Crippen LogP contribution in [0.5, 0.6) is 0 Å². The average molecular weight is 1050 g/mol. The number of phosphoric ester groups is 1. The van der Waals surface area contributed by atoms with Gasteiger partial charge in [0.05, 0.1) is 27.7 Å². The highest BCUT2D eigenvalue weighted by atomic mass is 31.2. The quantitative estimate of drug-likeness (QED) is 0.0195. The van der Waals surface area contributed by atoms with Gasteiger partial charge in [-0.05, 0) is 51.4 Å². The molecule has 0 saturated carbocycles. The van der Waals surface area contributed by atoms with Crippen molar-refractivity contribution in [3.05, 3.63) is 36.5 Å². The molecule has 0 fully saturated rings. The smallest absolute Gasteiger partial charge is 0.306 e. The number of carbonyl (C=O) groups excluding carboxylic acids is 2. The van der Waals surface area contributed by atoms with Crippen molar-refractivity contribution in [1.82, 2.24) is 0 Å². The van der Waals surface area contributed by atoms with Crippen LogP contribution in [0.2, 0.25) is 0 Å². The van der Waals surface area contributed by atoms with Crippen molar-refractivity contribution < 1.29 is 42.1 Å². The molecule has 430 valence electrons. The Kier molecular flexibility index (Phi) is 53.7. The number of hydrogen-bond donors (Lipinski definition) is 0. The van der Waals surface area contributed by atoms with Crippen LogP contribution >= 0.6 is 7.82 Å². The number of unbranched alkanes of at least 4 members (excludes halogenated alkanes) is 38. The fraction of sp³-hybridized carbons (Fsp3) is 0.873. The monoisotopic (exact) mass is 1050 g/mol. The summed E-state index contributed by atoms with van der Waals surface area (Å²) in [4.78, 5) is 37.9. The van der Waals surface area contributed by atoms with Crippen molar-refractivity contribution in [1.29, 1.82) is 0 Å². The molecule has 0 saturated heterocycles. The van der Waals surface area contributed by atoms with E-state index in [-0.39, 0.29) is 32.0 Å². The van der Waals surface area contributed by atoms with Gasteiger partial charge in [-0.15, -0.1) is 0 Å². The summed E-state index contributed by atoms with van der Waals surface area (Å²) in [6.45, 7) is 4.28. The Morgan fingerprint density at radius 2 is 0.740 bits per heavy atom. The van der Waals surface area contributed by atoms with Gasteiger partial charge in [0.2, 0.25) is 0 Å². The van der Waals surface area contributed by atoms with Crippen LogP contribution in [-0.4, -0.2) is 70.0 Å². The molecule has 73 heavy (non-hydrogen) atoms. The van der Waals surface area contributed by atoms with E-state index in [0.717, 1.165) is 44.9 Å². The van der Waals surface area contributed by atoms with Gasteiger partial charge in [-0.2, -0.15) is 0 Å². The Bertz CT molecular complexity index is 1330. The van der Waals surface area contributed by atoms with Crippen LogP contribution in [0.15, 0.2) is 36.5 Å². The lowest BCUT2D eigenvalue weighted by Crippen LogP contribution is -2.37. The van der Waals surface area contributed by atoms with Crippen LogP contribution in [0.1, 0.15) is 303 Å². The summed E-state index contributed by atoms with van der Waals surface area (Å²) in [5, 5.41) is 0. The van der Waals surface area contributed by atoms with E-state index in [9.17, 15) is 19.0 Å². The van der Waals surface area contributed by atoms with Gasteiger partial charge in [-0.1, -0.05) is 275 Å². The van der Waals surface area contributed by atoms with Crippen LogP contribution in [-0.2, 0) is 32.7 Å². The summed E-state index contributed by atoms with van der Waals surface area (Å²) >= 11 is 0. The first-order chi connectivity index (χ1) is 35.5. The number of carbonyl (C=O) groups is 2. The standard InChI is InChI=1S/C63H120NO8P/c1-6-8-10-12-14-16-18-20-22-24-25-26-27-28-29-30-31-32-33-34-35-36-37-38-39-40-42-44-46-48-50-52-54-56-63(66)72-61(60-71-73(67,68)70-58-57-64(3,4)5)59-69-62(65)55-53-51-49-47-45-43-41-23-21-19-17-15-13-11-9-7-2/h18,20,24-25,27-28,61H,6-17,19,21-23,26,29-60H2,1-5H3/b20-18-,25-24-,28-27-. The zero-order valence-corrected chi connectivity index (χ0v) is 49.7. The number of phosphoric acid groups is 1. The van der Waals surface area contributed by atoms with E-state index in [0.29, 0.717) is 17.4 Å². The van der Waals surface area contributed by atoms with Crippen molar-refractivity contribution in [3.63, 3.8) is 0 Å². The highest BCUT2D eigenvalue weighted by molar-refractivity contribution is 7.45. The molecule has 0 aliphatic heterocycles. The number of quaternary nitrogens is 1. The molecule has 0 amide bonds. The second-order valence-corrected chi connectivity index (χ2v) is 23.8. The maximum atomic E-state index is 12.8. The van der Waals surface area contributed by atoms with Gasteiger partial charge in [-0.25, -0.2) is 0 Å². The second-order valence-electron chi connectivity index (χ2n) is 22.4. The molecule has 9 nitrogen and oxygen atoms in total. The highest BCUT2D eigenvalue weighted by Gasteiger charge is 2.22. The van der Waals surface area contributed by atoms with Crippen molar-refractivity contribution in [2.24, 2.45) is 0 Å². The van der Waals surface area contributed by atoms with Crippen LogP contribution < -0.4 is 4.89 Å². The maximum Gasteiger partial charge on any atom is 0.306 e. The second kappa shape index (κ2) is 55.0. The molecule has 0 N–H and O–H groups in total. The summed E-state index contributed by atoms with van der Waals surface area (Å²) in [6, 6.07) is 0. The average Bonchev–Trinajstić information content (AvgIpc) is 3.35. The molecule has 10 heteroatoms. The highest BCUT2D eigenvalue weighted by Crippen LogP contribution is 2.38. The first-order valence-corrected chi connectivity index (χ1v) is 32.7. The molecule has 0 bridgehead atoms. The number of rotatable bonds is 58. The molecule has 0 radical (unpaired) electrons. The number of hydrogen-bond acceptors (Lipinski definition) is 8. The van der Waals surface area contributed by atoms with E-state index in [4.69, 9.17) is 18.5 Å². The van der Waals surface area contributed by atoms with Gasteiger partial charge in [0.15, 0.2) is 6.10 Å². The molecule has 0 aromatic carbocycles. The number of ether oxygens (including phenoxy) is 2. The predicted molar refractivity (Wildman–Crippen MR) is 310 cm³/mol. The van der Waals surface area contributed by atoms with E-state index < -0.39 is 26.5 Å². The fourth-order valence-electron chi connectivity index (χ4n) is 9.08. The lowest BCUT2D eigenvalue weighted by molar-refractivity contribution is -0.870. The molecule has 0 aliphatic carbocycles. The minimum Gasteiger partial charge on any atom is -0.756 e. The number of esters is 2. The molecule has 0 heterocycles. The first-order valence-electron chi connectivity index (χ1n) is 31.2. The van der Waals surface area contributed by atoms with E-state index in [1.54, 1.807) is 0 Å². The van der Waals surface area contributed by atoms with Crippen LogP contribution in [0, 0.1) is 0 Å². The van der Waals surface area contributed by atoms with Gasteiger partial charge < -0.3 is 27.9 Å². The topological polar surface area (TPSA) is 111 Å². The molecular weight excluding hydrogens is 930 g/mol. The van der Waals surface area contributed by atoms with Crippen molar-refractivity contribution in [2.45, 2.75) is 309 Å². The molecule has 0 rings (SSSR count). The molecule has 0 aromatic rings. The Hall–Kier alpha value is -1.77. The maximum absolute atomic E-state index is 12.8. The lowest BCUT2D eigenvalue weighted by atomic mass is 10.0. The van der Waals surface area contributed by atoms with Gasteiger partial charge in [0, 0.05) is 12.8 Å². The molecule has 0 spiro atoms. The van der Waals surface area contributed by atoms with Gasteiger partial charge in [-0.3, -0.25) is 14.2 Å². The SMILES string of the molecule is CCCCCCC/C=C\C/C=C\C/C=C\CCCCCCCCCCCCCCCCCCCCC(=O)OC(COC(=O)CCCCCCCCCCCCCCCCCC)COP(=O)([O-])OCC[N+](C)(C)C. The molecule has 0 aliphatic rings. The summed E-state index contributed by atoms with van der Waals surface area (Å²) in [7, 11) is 1.18. The summed E-state index contributed by atoms with van der Waals surface area (Å²) in [6.07, 6.45) is 67.8. The number of likely N-dealkylation sites (N-methyl/N-ethyl adjacent to an activating group) is 1. The van der Waals surface area contributed by atoms with Crippen molar-refractivity contribution in [2.75, 3.05) is 47.5 Å². The van der Waals surface area contributed by atoms with Gasteiger partial charge in [0.25, 0.3) is 7.82 Å². The summed E-state index contributed by atoms with van der Waals surface area (Å²) in [5.74, 6) is -0.816. The first kappa shape index (κ1) is 71.2. The van der Waals surface area contributed by atoms with Crippen molar-refractivity contribution in [3.8, 4) is 0 Å². The van der Waals surface area contributed by atoms with Crippen molar-refractivity contribution >= 4 is 19.8 Å². The van der Waals surface area contributed by atoms with E-state index in [1.807, 2.05) is 21.1 Å². The Labute approximate surface area is 452 Å². The van der Waals surface area contributed by atoms with E-state index in [2.05, 4.69) is 50.3 Å². The summed E-state index contributed by atoms with van der Waals surface area (Å²) in [5.41, 5.74) is 0. The third kappa shape index (κ3) is 59.3. The predicted octanol–water partition coefficient (Wildman–Crippen LogP) is 18.9. The lowest BCUT2D eigenvalue weighted by Gasteiger charge is -2.28. The third-order valence-electron chi connectivity index (χ3n) is 13.9. The minimum absolute atomic E-state index is 0.0279. The molecule has 2 atom stereocenters. The van der Waals surface area contributed by atoms with Crippen LogP contribution in [0.3, 0.4) is 0 Å². The Balaban J connectivity index is 4.01. The van der Waals surface area contributed by atoms with Gasteiger partial charge >= 0.3 is 11.9 Å². The van der Waals surface area contributed by atoms with Crippen LogP contribution in [0.4, 0.5) is 0 Å². The fourth-order valence-corrected chi connectivity index (χ4v) is 9.81. The number of nitrogens with zero attached hydrogens (tertiary/aromatic N) is 1. The normalized spacial score (nSPS) is 13.5. The number of allylic oxidation sites excluding steroid dienone is 6. The molecular formula is C63H120NO8P. The van der Waals surface area contributed by atoms with E-state index in [1.165, 1.54) is 225 Å². The van der Waals surface area contributed by atoms with E-state index >= 15 is 0 Å². The Morgan fingerprint density at radius 3 is 1.10 bits per heavy atom. The molecule has 2 unspecified atom stereocenters. The van der Waals surface area contributed by atoms with Gasteiger partial charge in [0.1, 0.15) is 19.8 Å².